The Morgan fingerprint density at radius 1 is 1.50 bits per heavy atom. The molecule has 5 nitrogen and oxygen atoms in total. The van der Waals surface area contributed by atoms with Gasteiger partial charge in [0, 0.05) is 6.54 Å². The number of aromatic nitrogens is 3. The van der Waals surface area contributed by atoms with Crippen LogP contribution in [0.5, 0.6) is 0 Å². The van der Waals surface area contributed by atoms with Crippen molar-refractivity contribution in [3.05, 3.63) is 12.4 Å². The molecule has 5 heteroatoms. The van der Waals surface area contributed by atoms with Crippen molar-refractivity contribution < 1.29 is 0 Å². The van der Waals surface area contributed by atoms with Crippen molar-refractivity contribution in [2.75, 3.05) is 25.0 Å². The van der Waals surface area contributed by atoms with Gasteiger partial charge in [-0.3, -0.25) is 0 Å². The smallest absolute Gasteiger partial charge is 0.242 e. The molecule has 0 radical (unpaired) electrons. The zero-order valence-electron chi connectivity index (χ0n) is 8.11. The quantitative estimate of drug-likeness (QED) is 0.722. The molecular formula is C9H15N5. The summed E-state index contributed by atoms with van der Waals surface area (Å²) in [6.45, 7) is 3.17. The van der Waals surface area contributed by atoms with Gasteiger partial charge in [-0.25, -0.2) is 4.98 Å². The molecule has 1 aliphatic rings. The molecule has 1 aliphatic heterocycles. The van der Waals surface area contributed by atoms with E-state index in [9.17, 15) is 0 Å². The van der Waals surface area contributed by atoms with E-state index in [2.05, 4.69) is 25.8 Å². The van der Waals surface area contributed by atoms with E-state index >= 15 is 0 Å². The molecule has 2 N–H and O–H groups in total. The second-order valence-corrected chi connectivity index (χ2v) is 3.56. The lowest BCUT2D eigenvalue weighted by Gasteiger charge is -2.22. The van der Waals surface area contributed by atoms with Crippen LogP contribution in [0.25, 0.3) is 0 Å². The fraction of sp³-hybridized carbons (Fsp3) is 0.667. The predicted octanol–water partition coefficient (Wildman–Crippen LogP) is 0.283. The molecule has 1 aromatic rings. The van der Waals surface area contributed by atoms with E-state index < -0.39 is 0 Å². The topological polar surface area (TPSA) is 62.7 Å². The van der Waals surface area contributed by atoms with E-state index in [1.54, 1.807) is 12.4 Å². The molecule has 14 heavy (non-hydrogen) atoms. The van der Waals surface area contributed by atoms with Gasteiger partial charge in [-0.1, -0.05) is 0 Å². The Balaban J connectivity index is 1.76. The first-order chi connectivity index (χ1) is 6.95. The Bertz CT molecular complexity index is 257. The van der Waals surface area contributed by atoms with Gasteiger partial charge in [0.15, 0.2) is 0 Å². The van der Waals surface area contributed by atoms with Crippen molar-refractivity contribution in [2.45, 2.75) is 12.8 Å². The van der Waals surface area contributed by atoms with Crippen molar-refractivity contribution in [3.8, 4) is 0 Å². The first kappa shape index (κ1) is 9.33. The van der Waals surface area contributed by atoms with Gasteiger partial charge in [-0.15, -0.1) is 5.10 Å². The van der Waals surface area contributed by atoms with Crippen molar-refractivity contribution in [1.82, 2.24) is 20.5 Å². The van der Waals surface area contributed by atoms with Gasteiger partial charge >= 0.3 is 0 Å². The maximum Gasteiger partial charge on any atom is 0.242 e. The average molecular weight is 193 g/mol. The second kappa shape index (κ2) is 4.85. The number of hydrogen-bond donors (Lipinski definition) is 2. The van der Waals surface area contributed by atoms with Gasteiger partial charge in [0.1, 0.15) is 0 Å². The van der Waals surface area contributed by atoms with Crippen LogP contribution in [0.15, 0.2) is 12.4 Å². The fourth-order valence-electron chi connectivity index (χ4n) is 1.66. The summed E-state index contributed by atoms with van der Waals surface area (Å²) >= 11 is 0. The Morgan fingerprint density at radius 2 is 2.50 bits per heavy atom. The highest BCUT2D eigenvalue weighted by molar-refractivity contribution is 5.20. The third-order valence-corrected chi connectivity index (χ3v) is 2.43. The van der Waals surface area contributed by atoms with Crippen LogP contribution in [-0.2, 0) is 0 Å². The molecule has 0 bridgehead atoms. The monoisotopic (exact) mass is 193 g/mol. The zero-order valence-corrected chi connectivity index (χ0v) is 8.11. The number of nitrogens with one attached hydrogen (secondary N) is 2. The van der Waals surface area contributed by atoms with Crippen LogP contribution in [0.1, 0.15) is 12.8 Å². The molecule has 1 atom stereocenters. The normalized spacial score (nSPS) is 21.9. The van der Waals surface area contributed by atoms with E-state index in [1.807, 2.05) is 0 Å². The minimum absolute atomic E-state index is 0.623. The summed E-state index contributed by atoms with van der Waals surface area (Å²) in [5, 5.41) is 14.2. The molecule has 0 spiro atoms. The molecule has 1 saturated heterocycles. The van der Waals surface area contributed by atoms with Crippen LogP contribution in [0.4, 0.5) is 5.95 Å². The van der Waals surface area contributed by atoms with E-state index in [0.717, 1.165) is 19.6 Å². The van der Waals surface area contributed by atoms with Crippen molar-refractivity contribution in [3.63, 3.8) is 0 Å². The minimum atomic E-state index is 0.623. The molecule has 76 valence electrons. The zero-order chi connectivity index (χ0) is 9.64. The highest BCUT2D eigenvalue weighted by atomic mass is 15.2. The van der Waals surface area contributed by atoms with Gasteiger partial charge in [-0.2, -0.15) is 5.10 Å². The highest BCUT2D eigenvalue weighted by Crippen LogP contribution is 2.09. The first-order valence-electron chi connectivity index (χ1n) is 5.03. The maximum atomic E-state index is 4.06. The summed E-state index contributed by atoms with van der Waals surface area (Å²) < 4.78 is 0. The Hall–Kier alpha value is -1.23. The first-order valence-corrected chi connectivity index (χ1v) is 5.03. The number of nitrogens with zero attached hydrogens (tertiary/aromatic N) is 3. The van der Waals surface area contributed by atoms with Crippen LogP contribution in [-0.4, -0.2) is 34.8 Å². The summed E-state index contributed by atoms with van der Waals surface area (Å²) in [5.74, 6) is 1.31. The molecule has 0 amide bonds. The van der Waals surface area contributed by atoms with E-state index in [-0.39, 0.29) is 0 Å². The number of anilines is 1. The molecule has 2 rings (SSSR count). The van der Waals surface area contributed by atoms with E-state index in [0.29, 0.717) is 11.9 Å². The van der Waals surface area contributed by atoms with E-state index in [1.165, 1.54) is 12.8 Å². The lowest BCUT2D eigenvalue weighted by atomic mass is 10.00. The molecule has 0 aromatic carbocycles. The molecule has 2 heterocycles. The fourth-order valence-corrected chi connectivity index (χ4v) is 1.66. The average Bonchev–Trinajstić information content (AvgIpc) is 2.29. The number of piperidine rings is 1. The Kier molecular flexibility index (Phi) is 3.24. The Morgan fingerprint density at radius 3 is 3.21 bits per heavy atom. The number of hydrogen-bond acceptors (Lipinski definition) is 5. The Labute approximate surface area is 83.3 Å². The van der Waals surface area contributed by atoms with Gasteiger partial charge < -0.3 is 10.6 Å². The van der Waals surface area contributed by atoms with Crippen LogP contribution in [0, 0.1) is 5.92 Å². The molecule has 1 unspecified atom stereocenters. The second-order valence-electron chi connectivity index (χ2n) is 3.56. The van der Waals surface area contributed by atoms with Crippen molar-refractivity contribution in [1.29, 1.82) is 0 Å². The van der Waals surface area contributed by atoms with Gasteiger partial charge in [0.2, 0.25) is 5.95 Å². The molecule has 0 saturated carbocycles. The predicted molar refractivity (Wildman–Crippen MR) is 53.9 cm³/mol. The van der Waals surface area contributed by atoms with Gasteiger partial charge in [-0.05, 0) is 31.8 Å². The third-order valence-electron chi connectivity index (χ3n) is 2.43. The summed E-state index contributed by atoms with van der Waals surface area (Å²) in [4.78, 5) is 4.06. The minimum Gasteiger partial charge on any atom is -0.353 e. The molecule has 1 fully saturated rings. The standard InChI is InChI=1S/C9H15N5/c1-2-8(6-10-3-1)7-12-9-11-4-5-13-14-9/h4-5,8,10H,1-3,6-7H2,(H,11,12,14). The summed E-state index contributed by atoms with van der Waals surface area (Å²) in [5.41, 5.74) is 0. The van der Waals surface area contributed by atoms with Crippen molar-refractivity contribution >= 4 is 5.95 Å². The van der Waals surface area contributed by atoms with Crippen LogP contribution in [0.3, 0.4) is 0 Å². The largest absolute Gasteiger partial charge is 0.353 e. The lowest BCUT2D eigenvalue weighted by molar-refractivity contribution is 0.392. The van der Waals surface area contributed by atoms with Crippen LogP contribution >= 0.6 is 0 Å². The van der Waals surface area contributed by atoms with Crippen molar-refractivity contribution in [2.24, 2.45) is 5.92 Å². The maximum absolute atomic E-state index is 4.06. The summed E-state index contributed by atoms with van der Waals surface area (Å²) in [7, 11) is 0. The lowest BCUT2D eigenvalue weighted by Crippen LogP contribution is -2.33. The highest BCUT2D eigenvalue weighted by Gasteiger charge is 2.12. The molecular weight excluding hydrogens is 178 g/mol. The van der Waals surface area contributed by atoms with Gasteiger partial charge in [0.25, 0.3) is 0 Å². The SMILES string of the molecule is c1cnc(NCC2CCCNC2)nn1. The summed E-state index contributed by atoms with van der Waals surface area (Å²) in [6, 6.07) is 0. The molecule has 1 aromatic heterocycles. The van der Waals surface area contributed by atoms with Crippen LogP contribution < -0.4 is 10.6 Å². The number of rotatable bonds is 3. The summed E-state index contributed by atoms with van der Waals surface area (Å²) in [6.07, 6.45) is 5.77. The van der Waals surface area contributed by atoms with Crippen LogP contribution in [0.2, 0.25) is 0 Å². The molecule has 0 aliphatic carbocycles. The van der Waals surface area contributed by atoms with Gasteiger partial charge in [0.05, 0.1) is 12.4 Å². The van der Waals surface area contributed by atoms with E-state index in [4.69, 9.17) is 0 Å². The third kappa shape index (κ3) is 2.63.